The summed E-state index contributed by atoms with van der Waals surface area (Å²) in [6.07, 6.45) is 2.91. The number of halogens is 1. The molecule has 0 saturated heterocycles. The first-order valence-electron chi connectivity index (χ1n) is 8.49. The van der Waals surface area contributed by atoms with Crippen LogP contribution in [0.15, 0.2) is 53.0 Å². The Labute approximate surface area is 182 Å². The second-order valence-corrected chi connectivity index (χ2v) is 7.03. The highest BCUT2D eigenvalue weighted by molar-refractivity contribution is 9.10. The van der Waals surface area contributed by atoms with Crippen molar-refractivity contribution in [3.8, 4) is 11.5 Å². The molecule has 0 atom stereocenters. The maximum atomic E-state index is 11.9. The molecule has 0 radical (unpaired) electrons. The van der Waals surface area contributed by atoms with Crippen molar-refractivity contribution in [1.29, 1.82) is 0 Å². The largest absolute Gasteiger partial charge is 0.496 e. The summed E-state index contributed by atoms with van der Waals surface area (Å²) < 4.78 is 11.6. The second kappa shape index (κ2) is 11.2. The molecule has 7 nitrogen and oxygen atoms in total. The predicted octanol–water partition coefficient (Wildman–Crippen LogP) is 2.88. The molecule has 152 valence electrons. The Balaban J connectivity index is 1.74. The molecule has 0 aromatic heterocycles. The lowest BCUT2D eigenvalue weighted by molar-refractivity contribution is -0.123. The topological polar surface area (TPSA) is 88.7 Å². The van der Waals surface area contributed by atoms with Gasteiger partial charge >= 0.3 is 0 Å². The molecular formula is C20H20BrN3O4S. The first-order chi connectivity index (χ1) is 13.9. The first kappa shape index (κ1) is 22.4. The highest BCUT2D eigenvalue weighted by Gasteiger charge is 2.06. The molecule has 0 aliphatic heterocycles. The molecule has 2 aromatic carbocycles. The molecule has 3 N–H and O–H groups in total. The van der Waals surface area contributed by atoms with Crippen LogP contribution in [0, 0.1) is 6.92 Å². The lowest BCUT2D eigenvalue weighted by atomic mass is 10.2. The third-order valence-corrected chi connectivity index (χ3v) is 4.70. The molecular weight excluding hydrogens is 458 g/mol. The normalized spacial score (nSPS) is 10.3. The average Bonchev–Trinajstić information content (AvgIpc) is 2.71. The van der Waals surface area contributed by atoms with Crippen molar-refractivity contribution in [2.45, 2.75) is 6.92 Å². The van der Waals surface area contributed by atoms with E-state index in [2.05, 4.69) is 32.1 Å². The van der Waals surface area contributed by atoms with E-state index in [1.165, 1.54) is 6.08 Å². The van der Waals surface area contributed by atoms with Gasteiger partial charge in [-0.05, 0) is 55.0 Å². The predicted molar refractivity (Wildman–Crippen MR) is 118 cm³/mol. The van der Waals surface area contributed by atoms with Crippen molar-refractivity contribution in [3.05, 3.63) is 64.1 Å². The van der Waals surface area contributed by atoms with E-state index >= 15 is 0 Å². The molecule has 2 aromatic rings. The SMILES string of the molecule is COc1ccccc1C=CC(=O)NC(=S)NNC(=O)COc1ccc(Br)c(C)c1. The number of aryl methyl sites for hydroxylation is 1. The van der Waals surface area contributed by atoms with E-state index in [1.54, 1.807) is 25.3 Å². The molecule has 0 saturated carbocycles. The lowest BCUT2D eigenvalue weighted by Crippen LogP contribution is -2.49. The van der Waals surface area contributed by atoms with Crippen LogP contribution in [0.4, 0.5) is 0 Å². The Kier molecular flexibility index (Phi) is 8.63. The van der Waals surface area contributed by atoms with Crippen LogP contribution in [0.25, 0.3) is 6.08 Å². The quantitative estimate of drug-likeness (QED) is 0.336. The fraction of sp³-hybridized carbons (Fsp3) is 0.150. The third kappa shape index (κ3) is 7.55. The second-order valence-electron chi connectivity index (χ2n) is 5.77. The molecule has 2 rings (SSSR count). The minimum absolute atomic E-state index is 0.0486. The van der Waals surface area contributed by atoms with Gasteiger partial charge in [-0.3, -0.25) is 25.8 Å². The molecule has 0 fully saturated rings. The van der Waals surface area contributed by atoms with Crippen LogP contribution in [0.1, 0.15) is 11.1 Å². The van der Waals surface area contributed by atoms with Crippen molar-refractivity contribution >= 4 is 51.2 Å². The molecule has 0 aliphatic carbocycles. The van der Waals surface area contributed by atoms with Crippen LogP contribution in [-0.2, 0) is 9.59 Å². The molecule has 0 aliphatic rings. The molecule has 0 spiro atoms. The third-order valence-electron chi connectivity index (χ3n) is 3.60. The smallest absolute Gasteiger partial charge is 0.276 e. The Morgan fingerprint density at radius 3 is 2.66 bits per heavy atom. The number of hydrazine groups is 1. The zero-order chi connectivity index (χ0) is 21.2. The van der Waals surface area contributed by atoms with E-state index < -0.39 is 11.8 Å². The summed E-state index contributed by atoms with van der Waals surface area (Å²) in [5.41, 5.74) is 6.54. The summed E-state index contributed by atoms with van der Waals surface area (Å²) in [5.74, 6) is 0.305. The monoisotopic (exact) mass is 477 g/mol. The zero-order valence-corrected chi connectivity index (χ0v) is 18.2. The van der Waals surface area contributed by atoms with Gasteiger partial charge in [0.25, 0.3) is 5.91 Å². The number of ether oxygens (including phenoxy) is 2. The number of amides is 2. The van der Waals surface area contributed by atoms with Gasteiger partial charge in [-0.25, -0.2) is 0 Å². The minimum atomic E-state index is -0.454. The fourth-order valence-electron chi connectivity index (χ4n) is 2.17. The summed E-state index contributed by atoms with van der Waals surface area (Å²) in [5, 5.41) is 2.37. The van der Waals surface area contributed by atoms with Gasteiger partial charge in [-0.2, -0.15) is 0 Å². The van der Waals surface area contributed by atoms with Crippen LogP contribution in [0.2, 0.25) is 0 Å². The van der Waals surface area contributed by atoms with Gasteiger partial charge in [0.2, 0.25) is 5.91 Å². The van der Waals surface area contributed by atoms with Gasteiger partial charge in [0.15, 0.2) is 11.7 Å². The number of benzene rings is 2. The number of rotatable bonds is 6. The zero-order valence-electron chi connectivity index (χ0n) is 15.8. The maximum Gasteiger partial charge on any atom is 0.276 e. The molecule has 29 heavy (non-hydrogen) atoms. The van der Waals surface area contributed by atoms with E-state index in [-0.39, 0.29) is 11.7 Å². The number of hydrogen-bond donors (Lipinski definition) is 3. The highest BCUT2D eigenvalue weighted by atomic mass is 79.9. The van der Waals surface area contributed by atoms with Crippen molar-refractivity contribution in [3.63, 3.8) is 0 Å². The Hall–Kier alpha value is -2.91. The standard InChI is InChI=1S/C20H20BrN3O4S/c1-13-11-15(8-9-16(13)21)28-12-19(26)23-24-20(29)22-18(25)10-7-14-5-3-4-6-17(14)27-2/h3-11H,12H2,1-2H3,(H,23,26)(H2,22,24,25,29). The molecule has 9 heteroatoms. The molecule has 0 bridgehead atoms. The Bertz CT molecular complexity index is 934. The number of thiocarbonyl (C=S) groups is 1. The summed E-state index contributed by atoms with van der Waals surface area (Å²) in [6, 6.07) is 12.7. The lowest BCUT2D eigenvalue weighted by Gasteiger charge is -2.11. The number of hydrogen-bond acceptors (Lipinski definition) is 5. The number of methoxy groups -OCH3 is 1. The van der Waals surface area contributed by atoms with Crippen LogP contribution in [0.3, 0.4) is 0 Å². The van der Waals surface area contributed by atoms with Crippen molar-refractivity contribution in [2.75, 3.05) is 13.7 Å². The van der Waals surface area contributed by atoms with Crippen molar-refractivity contribution in [1.82, 2.24) is 16.2 Å². The van der Waals surface area contributed by atoms with Crippen LogP contribution in [0.5, 0.6) is 11.5 Å². The molecule has 0 unspecified atom stereocenters. The molecule has 0 heterocycles. The highest BCUT2D eigenvalue weighted by Crippen LogP contribution is 2.21. The maximum absolute atomic E-state index is 11.9. The van der Waals surface area contributed by atoms with Gasteiger partial charge in [-0.1, -0.05) is 34.1 Å². The van der Waals surface area contributed by atoms with E-state index in [1.807, 2.05) is 37.3 Å². The van der Waals surface area contributed by atoms with Crippen LogP contribution >= 0.6 is 28.1 Å². The fourth-order valence-corrected chi connectivity index (χ4v) is 2.57. The number of carbonyl (C=O) groups excluding carboxylic acids is 2. The average molecular weight is 478 g/mol. The number of para-hydroxylation sites is 1. The summed E-state index contributed by atoms with van der Waals surface area (Å²) in [4.78, 5) is 23.8. The Morgan fingerprint density at radius 1 is 1.17 bits per heavy atom. The van der Waals surface area contributed by atoms with Gasteiger partial charge in [-0.15, -0.1) is 0 Å². The van der Waals surface area contributed by atoms with Gasteiger partial charge in [0.1, 0.15) is 11.5 Å². The van der Waals surface area contributed by atoms with E-state index in [9.17, 15) is 9.59 Å². The van der Waals surface area contributed by atoms with Gasteiger partial charge in [0.05, 0.1) is 7.11 Å². The molecule has 2 amide bonds. The van der Waals surface area contributed by atoms with Crippen molar-refractivity contribution in [2.24, 2.45) is 0 Å². The number of nitrogens with one attached hydrogen (secondary N) is 3. The van der Waals surface area contributed by atoms with E-state index in [4.69, 9.17) is 21.7 Å². The summed E-state index contributed by atoms with van der Waals surface area (Å²) >= 11 is 8.37. The van der Waals surface area contributed by atoms with E-state index in [0.29, 0.717) is 11.5 Å². The van der Waals surface area contributed by atoms with Gasteiger partial charge < -0.3 is 9.47 Å². The van der Waals surface area contributed by atoms with Crippen LogP contribution < -0.4 is 25.6 Å². The van der Waals surface area contributed by atoms with Gasteiger partial charge in [0, 0.05) is 16.1 Å². The Morgan fingerprint density at radius 2 is 1.93 bits per heavy atom. The van der Waals surface area contributed by atoms with Crippen LogP contribution in [-0.4, -0.2) is 30.6 Å². The first-order valence-corrected chi connectivity index (χ1v) is 9.69. The number of carbonyl (C=O) groups is 2. The summed E-state index contributed by atoms with van der Waals surface area (Å²) in [6.45, 7) is 1.71. The minimum Gasteiger partial charge on any atom is -0.496 e. The van der Waals surface area contributed by atoms with E-state index in [0.717, 1.165) is 15.6 Å². The summed E-state index contributed by atoms with van der Waals surface area (Å²) in [7, 11) is 1.55. The van der Waals surface area contributed by atoms with Crippen molar-refractivity contribution < 1.29 is 19.1 Å².